The van der Waals surface area contributed by atoms with Gasteiger partial charge in [0.15, 0.2) is 0 Å². The minimum absolute atomic E-state index is 0.314. The second-order valence-corrected chi connectivity index (χ2v) is 7.77. The number of methoxy groups -OCH3 is 1. The van der Waals surface area contributed by atoms with Crippen LogP contribution in [-0.2, 0) is 14.3 Å². The molecule has 1 aliphatic heterocycles. The standard InChI is InChI=1S/C18H30N2O5/c1-8-10-17(6,25-7)14(19-12(2)21)18(16(3,4)5)11-9-13(22)20(18)15(23)24/h9,11,14H,8,10H2,1-7H3,(H,19,21)(H,23,24)/t14-,17-,18-/m0/s1. The van der Waals surface area contributed by atoms with E-state index in [9.17, 15) is 19.5 Å². The Kier molecular flexibility index (Phi) is 6.05. The second-order valence-electron chi connectivity index (χ2n) is 7.77. The lowest BCUT2D eigenvalue weighted by molar-refractivity contribution is -0.142. The van der Waals surface area contributed by atoms with E-state index < -0.39 is 34.6 Å². The molecule has 0 aromatic rings. The van der Waals surface area contributed by atoms with E-state index in [1.807, 2.05) is 34.6 Å². The minimum Gasteiger partial charge on any atom is -0.465 e. The van der Waals surface area contributed by atoms with Gasteiger partial charge in [0.2, 0.25) is 5.91 Å². The van der Waals surface area contributed by atoms with Gasteiger partial charge in [0, 0.05) is 20.1 Å². The van der Waals surface area contributed by atoms with Crippen molar-refractivity contribution >= 4 is 17.9 Å². The Balaban J connectivity index is 3.73. The first-order valence-corrected chi connectivity index (χ1v) is 8.46. The van der Waals surface area contributed by atoms with Crippen LogP contribution in [0.15, 0.2) is 12.2 Å². The molecule has 0 radical (unpaired) electrons. The molecule has 7 nitrogen and oxygen atoms in total. The van der Waals surface area contributed by atoms with E-state index >= 15 is 0 Å². The van der Waals surface area contributed by atoms with Crippen LogP contribution in [0.4, 0.5) is 4.79 Å². The van der Waals surface area contributed by atoms with Crippen LogP contribution in [-0.4, -0.2) is 52.2 Å². The Morgan fingerprint density at radius 2 is 1.92 bits per heavy atom. The lowest BCUT2D eigenvalue weighted by Gasteiger charge is -2.55. The summed E-state index contributed by atoms with van der Waals surface area (Å²) in [5.41, 5.74) is -2.83. The molecule has 0 aromatic heterocycles. The van der Waals surface area contributed by atoms with Gasteiger partial charge < -0.3 is 15.2 Å². The zero-order valence-electron chi connectivity index (χ0n) is 16.2. The largest absolute Gasteiger partial charge is 0.465 e. The van der Waals surface area contributed by atoms with Crippen molar-refractivity contribution in [2.75, 3.05) is 7.11 Å². The SMILES string of the molecule is CCC[C@](C)(OC)[C@H](NC(C)=O)[C@]1(C(C)(C)C)C=CC(=O)N1C(=O)O. The average Bonchev–Trinajstić information content (AvgIpc) is 2.82. The first-order chi connectivity index (χ1) is 11.4. The molecule has 1 rings (SSSR count). The number of ether oxygens (including phenoxy) is 1. The van der Waals surface area contributed by atoms with Gasteiger partial charge >= 0.3 is 6.09 Å². The molecular weight excluding hydrogens is 324 g/mol. The summed E-state index contributed by atoms with van der Waals surface area (Å²) >= 11 is 0. The van der Waals surface area contributed by atoms with Gasteiger partial charge in [-0.25, -0.2) is 9.69 Å². The van der Waals surface area contributed by atoms with Crippen LogP contribution in [0.5, 0.6) is 0 Å². The van der Waals surface area contributed by atoms with Crippen molar-refractivity contribution in [3.8, 4) is 0 Å². The molecule has 3 amide bonds. The van der Waals surface area contributed by atoms with Crippen LogP contribution in [0.2, 0.25) is 0 Å². The molecule has 0 fully saturated rings. The third-order valence-electron chi connectivity index (χ3n) is 5.07. The maximum Gasteiger partial charge on any atom is 0.415 e. The molecule has 1 aliphatic rings. The third kappa shape index (κ3) is 3.56. The maximum absolute atomic E-state index is 12.3. The first kappa shape index (κ1) is 21.2. The summed E-state index contributed by atoms with van der Waals surface area (Å²) in [6, 6.07) is -0.749. The molecule has 0 spiro atoms. The molecule has 142 valence electrons. The van der Waals surface area contributed by atoms with Gasteiger partial charge in [-0.15, -0.1) is 0 Å². The highest BCUT2D eigenvalue weighted by Crippen LogP contribution is 2.47. The number of imide groups is 1. The van der Waals surface area contributed by atoms with Crippen molar-refractivity contribution in [1.29, 1.82) is 0 Å². The normalized spacial score (nSPS) is 24.1. The van der Waals surface area contributed by atoms with Crippen LogP contribution in [0, 0.1) is 5.41 Å². The van der Waals surface area contributed by atoms with Crippen molar-refractivity contribution in [1.82, 2.24) is 10.2 Å². The summed E-state index contributed by atoms with van der Waals surface area (Å²) in [5.74, 6) is -0.932. The number of amides is 3. The van der Waals surface area contributed by atoms with Crippen LogP contribution < -0.4 is 5.32 Å². The van der Waals surface area contributed by atoms with Gasteiger partial charge in [-0.3, -0.25) is 9.59 Å². The molecular formula is C18H30N2O5. The lowest BCUT2D eigenvalue weighted by Crippen LogP contribution is -2.73. The van der Waals surface area contributed by atoms with Crippen LogP contribution in [0.25, 0.3) is 0 Å². The molecule has 2 N–H and O–H groups in total. The molecule has 7 heteroatoms. The van der Waals surface area contributed by atoms with Gasteiger partial charge in [-0.2, -0.15) is 0 Å². The van der Waals surface area contributed by atoms with E-state index in [2.05, 4.69) is 5.32 Å². The Bertz CT molecular complexity index is 581. The van der Waals surface area contributed by atoms with E-state index in [0.29, 0.717) is 6.42 Å². The van der Waals surface area contributed by atoms with Crippen molar-refractivity contribution in [3.63, 3.8) is 0 Å². The summed E-state index contributed by atoms with van der Waals surface area (Å²) in [6.45, 7) is 10.7. The quantitative estimate of drug-likeness (QED) is 0.764. The van der Waals surface area contributed by atoms with Crippen molar-refractivity contribution in [2.24, 2.45) is 5.41 Å². The zero-order chi connectivity index (χ0) is 19.6. The van der Waals surface area contributed by atoms with E-state index in [4.69, 9.17) is 4.74 Å². The van der Waals surface area contributed by atoms with Gasteiger partial charge in [0.05, 0.1) is 11.6 Å². The monoisotopic (exact) mass is 354 g/mol. The van der Waals surface area contributed by atoms with Crippen molar-refractivity contribution in [2.45, 2.75) is 71.6 Å². The van der Waals surface area contributed by atoms with Crippen LogP contribution in [0.1, 0.15) is 54.4 Å². The van der Waals surface area contributed by atoms with Crippen LogP contribution >= 0.6 is 0 Å². The average molecular weight is 354 g/mol. The first-order valence-electron chi connectivity index (χ1n) is 8.46. The second kappa shape index (κ2) is 7.15. The van der Waals surface area contributed by atoms with Gasteiger partial charge in [0.1, 0.15) is 5.54 Å². The number of rotatable bonds is 6. The van der Waals surface area contributed by atoms with Crippen molar-refractivity contribution in [3.05, 3.63) is 12.2 Å². The Labute approximate surface area is 149 Å². The lowest BCUT2D eigenvalue weighted by atomic mass is 9.63. The number of hydrogen-bond donors (Lipinski definition) is 2. The van der Waals surface area contributed by atoms with Gasteiger partial charge in [-0.1, -0.05) is 40.2 Å². The Hall–Kier alpha value is -1.89. The summed E-state index contributed by atoms with van der Waals surface area (Å²) in [5, 5.41) is 12.6. The number of nitrogens with one attached hydrogen (secondary N) is 1. The number of carbonyl (C=O) groups is 3. The van der Waals surface area contributed by atoms with Crippen molar-refractivity contribution < 1.29 is 24.2 Å². The molecule has 3 atom stereocenters. The van der Waals surface area contributed by atoms with Gasteiger partial charge in [0.25, 0.3) is 5.91 Å². The smallest absolute Gasteiger partial charge is 0.415 e. The minimum atomic E-state index is -1.35. The number of carbonyl (C=O) groups excluding carboxylic acids is 2. The zero-order valence-corrected chi connectivity index (χ0v) is 16.2. The highest BCUT2D eigenvalue weighted by atomic mass is 16.5. The van der Waals surface area contributed by atoms with E-state index in [0.717, 1.165) is 11.3 Å². The molecule has 0 aromatic carbocycles. The molecule has 0 saturated carbocycles. The van der Waals surface area contributed by atoms with E-state index in [-0.39, 0.29) is 5.91 Å². The van der Waals surface area contributed by atoms with Gasteiger partial charge in [-0.05, 0) is 18.8 Å². The molecule has 1 heterocycles. The summed E-state index contributed by atoms with van der Waals surface area (Å²) in [6.07, 6.45) is 2.86. The molecule has 25 heavy (non-hydrogen) atoms. The maximum atomic E-state index is 12.3. The highest BCUT2D eigenvalue weighted by Gasteiger charge is 2.62. The number of carboxylic acid groups (broad SMARTS) is 1. The summed E-state index contributed by atoms with van der Waals surface area (Å²) in [7, 11) is 1.53. The fourth-order valence-corrected chi connectivity index (χ4v) is 3.82. The highest BCUT2D eigenvalue weighted by molar-refractivity contribution is 6.02. The van der Waals surface area contributed by atoms with E-state index in [1.165, 1.54) is 20.1 Å². The predicted octanol–water partition coefficient (Wildman–Crippen LogP) is 2.56. The topological polar surface area (TPSA) is 95.9 Å². The Morgan fingerprint density at radius 3 is 2.28 bits per heavy atom. The van der Waals surface area contributed by atoms with Crippen LogP contribution in [0.3, 0.4) is 0 Å². The third-order valence-corrected chi connectivity index (χ3v) is 5.07. The Morgan fingerprint density at radius 1 is 1.36 bits per heavy atom. The fraction of sp³-hybridized carbons (Fsp3) is 0.722. The molecule has 0 unspecified atom stereocenters. The fourth-order valence-electron chi connectivity index (χ4n) is 3.82. The number of hydrogen-bond acceptors (Lipinski definition) is 4. The predicted molar refractivity (Wildman–Crippen MR) is 94.1 cm³/mol. The molecule has 0 aliphatic carbocycles. The summed E-state index contributed by atoms with van der Waals surface area (Å²) in [4.78, 5) is 37.1. The number of nitrogens with zero attached hydrogens (tertiary/aromatic N) is 1. The molecule has 0 saturated heterocycles. The molecule has 0 bridgehead atoms. The van der Waals surface area contributed by atoms with E-state index in [1.54, 1.807) is 6.08 Å². The summed E-state index contributed by atoms with van der Waals surface area (Å²) < 4.78 is 5.76.